The van der Waals surface area contributed by atoms with Gasteiger partial charge in [0.15, 0.2) is 0 Å². The van der Waals surface area contributed by atoms with Crippen LogP contribution in [0.3, 0.4) is 0 Å². The average molecular weight is 294 g/mol. The van der Waals surface area contributed by atoms with Gasteiger partial charge in [-0.25, -0.2) is 0 Å². The van der Waals surface area contributed by atoms with E-state index >= 15 is 0 Å². The Kier molecular flexibility index (Phi) is 5.70. The Bertz CT molecular complexity index is 438. The third-order valence-electron chi connectivity index (χ3n) is 2.26. The highest BCUT2D eigenvalue weighted by molar-refractivity contribution is 9.10. The summed E-state index contributed by atoms with van der Waals surface area (Å²) >= 11 is 3.41. The lowest BCUT2D eigenvalue weighted by Crippen LogP contribution is -2.24. The molecular formula is C14H16BrNO. The first-order valence-electron chi connectivity index (χ1n) is 5.49. The minimum atomic E-state index is -0.0874. The number of allylic oxidation sites excluding steroid dienone is 3. The monoisotopic (exact) mass is 293 g/mol. The number of benzene rings is 1. The molecule has 0 aliphatic carbocycles. The maximum absolute atomic E-state index is 11.5. The van der Waals surface area contributed by atoms with Crippen LogP contribution in [-0.2, 0) is 4.79 Å². The molecule has 1 aromatic rings. The van der Waals surface area contributed by atoms with E-state index in [0.717, 1.165) is 10.0 Å². The van der Waals surface area contributed by atoms with Crippen LogP contribution in [-0.4, -0.2) is 5.91 Å². The smallest absolute Gasteiger partial charge is 0.244 e. The molecule has 0 aliphatic heterocycles. The van der Waals surface area contributed by atoms with Gasteiger partial charge in [-0.15, -0.1) is 0 Å². The summed E-state index contributed by atoms with van der Waals surface area (Å²) in [6, 6.07) is 7.91. The molecule has 0 radical (unpaired) electrons. The van der Waals surface area contributed by atoms with E-state index in [2.05, 4.69) is 21.2 Å². The first kappa shape index (κ1) is 13.7. The highest BCUT2D eigenvalue weighted by Crippen LogP contribution is 2.17. The molecule has 90 valence electrons. The van der Waals surface area contributed by atoms with Crippen molar-refractivity contribution in [2.45, 2.75) is 19.9 Å². The topological polar surface area (TPSA) is 29.1 Å². The second-order valence-corrected chi connectivity index (χ2v) is 4.59. The van der Waals surface area contributed by atoms with Crippen molar-refractivity contribution in [1.82, 2.24) is 5.32 Å². The van der Waals surface area contributed by atoms with E-state index in [1.165, 1.54) is 6.08 Å². The van der Waals surface area contributed by atoms with Crippen molar-refractivity contribution in [3.8, 4) is 0 Å². The molecule has 1 rings (SSSR count). The molecule has 0 aromatic heterocycles. The highest BCUT2D eigenvalue weighted by Gasteiger charge is 2.07. The van der Waals surface area contributed by atoms with E-state index in [1.807, 2.05) is 50.3 Å². The highest BCUT2D eigenvalue weighted by atomic mass is 79.9. The van der Waals surface area contributed by atoms with Crippen LogP contribution in [0.4, 0.5) is 0 Å². The van der Waals surface area contributed by atoms with Gasteiger partial charge in [0.1, 0.15) is 0 Å². The lowest BCUT2D eigenvalue weighted by atomic mass is 10.1. The van der Waals surface area contributed by atoms with Crippen LogP contribution in [0.15, 0.2) is 53.0 Å². The Morgan fingerprint density at radius 3 is 2.82 bits per heavy atom. The minimum Gasteiger partial charge on any atom is -0.346 e. The van der Waals surface area contributed by atoms with Gasteiger partial charge in [0.05, 0.1) is 6.04 Å². The van der Waals surface area contributed by atoms with Gasteiger partial charge in [-0.1, -0.05) is 46.3 Å². The number of hydrogen-bond acceptors (Lipinski definition) is 1. The Morgan fingerprint density at radius 2 is 2.18 bits per heavy atom. The van der Waals surface area contributed by atoms with Crippen molar-refractivity contribution in [3.63, 3.8) is 0 Å². The minimum absolute atomic E-state index is 0.00439. The van der Waals surface area contributed by atoms with Crippen LogP contribution in [0.2, 0.25) is 0 Å². The van der Waals surface area contributed by atoms with Crippen LogP contribution in [0, 0.1) is 0 Å². The summed E-state index contributed by atoms with van der Waals surface area (Å²) in [5.41, 5.74) is 1.08. The van der Waals surface area contributed by atoms with Crippen molar-refractivity contribution in [1.29, 1.82) is 0 Å². The molecule has 17 heavy (non-hydrogen) atoms. The maximum atomic E-state index is 11.5. The zero-order valence-corrected chi connectivity index (χ0v) is 11.6. The Labute approximate surface area is 111 Å². The van der Waals surface area contributed by atoms with Crippen LogP contribution >= 0.6 is 15.9 Å². The normalized spacial score (nSPS) is 13.1. The van der Waals surface area contributed by atoms with Gasteiger partial charge >= 0.3 is 0 Å². The molecule has 0 fully saturated rings. The molecular weight excluding hydrogens is 278 g/mol. The van der Waals surface area contributed by atoms with Crippen molar-refractivity contribution < 1.29 is 4.79 Å². The molecule has 1 atom stereocenters. The summed E-state index contributed by atoms with van der Waals surface area (Å²) in [6.45, 7) is 3.87. The third-order valence-corrected chi connectivity index (χ3v) is 2.75. The quantitative estimate of drug-likeness (QED) is 0.665. The fourth-order valence-corrected chi connectivity index (χ4v) is 1.79. The second kappa shape index (κ2) is 7.07. The van der Waals surface area contributed by atoms with Crippen LogP contribution in [0.5, 0.6) is 0 Å². The van der Waals surface area contributed by atoms with E-state index in [0.29, 0.717) is 0 Å². The van der Waals surface area contributed by atoms with Gasteiger partial charge in [-0.2, -0.15) is 0 Å². The lowest BCUT2D eigenvalue weighted by molar-refractivity contribution is -0.117. The van der Waals surface area contributed by atoms with Crippen molar-refractivity contribution in [2.24, 2.45) is 0 Å². The first-order valence-corrected chi connectivity index (χ1v) is 6.28. The zero-order chi connectivity index (χ0) is 12.7. The van der Waals surface area contributed by atoms with E-state index < -0.39 is 0 Å². The number of carbonyl (C=O) groups excluding carboxylic acids is 1. The zero-order valence-electron chi connectivity index (χ0n) is 9.98. The molecule has 1 aromatic carbocycles. The number of amides is 1. The first-order chi connectivity index (χ1) is 8.13. The molecule has 0 saturated carbocycles. The molecule has 1 N–H and O–H groups in total. The Balaban J connectivity index is 2.60. The molecule has 0 spiro atoms. The van der Waals surface area contributed by atoms with E-state index in [1.54, 1.807) is 6.08 Å². The molecule has 2 nitrogen and oxygen atoms in total. The lowest BCUT2D eigenvalue weighted by Gasteiger charge is -2.13. The number of hydrogen-bond donors (Lipinski definition) is 1. The van der Waals surface area contributed by atoms with Gasteiger partial charge in [0.25, 0.3) is 0 Å². The van der Waals surface area contributed by atoms with Crippen molar-refractivity contribution in [3.05, 3.63) is 58.6 Å². The third kappa shape index (κ3) is 5.00. The molecule has 0 saturated heterocycles. The van der Waals surface area contributed by atoms with Crippen LogP contribution in [0.25, 0.3) is 0 Å². The van der Waals surface area contributed by atoms with E-state index in [9.17, 15) is 4.79 Å². The molecule has 0 bridgehead atoms. The van der Waals surface area contributed by atoms with Gasteiger partial charge < -0.3 is 5.32 Å². The number of rotatable bonds is 4. The molecule has 0 heterocycles. The average Bonchev–Trinajstić information content (AvgIpc) is 2.29. The summed E-state index contributed by atoms with van der Waals surface area (Å²) in [5.74, 6) is -0.0874. The van der Waals surface area contributed by atoms with Gasteiger partial charge in [0, 0.05) is 10.5 Å². The molecule has 1 amide bonds. The van der Waals surface area contributed by atoms with E-state index in [4.69, 9.17) is 0 Å². The molecule has 0 aliphatic rings. The standard InChI is InChI=1S/C14H16BrNO/c1-3-4-5-9-14(17)16-11(2)12-7-6-8-13(15)10-12/h3-11H,1-2H3,(H,16,17)/b4-3+,9-5-/t11-/m1/s1. The summed E-state index contributed by atoms with van der Waals surface area (Å²) < 4.78 is 1.01. The van der Waals surface area contributed by atoms with Gasteiger partial charge in [0.2, 0.25) is 5.91 Å². The summed E-state index contributed by atoms with van der Waals surface area (Å²) in [4.78, 5) is 11.5. The Morgan fingerprint density at radius 1 is 1.41 bits per heavy atom. The van der Waals surface area contributed by atoms with Crippen molar-refractivity contribution >= 4 is 21.8 Å². The van der Waals surface area contributed by atoms with Gasteiger partial charge in [-0.05, 0) is 31.5 Å². The van der Waals surface area contributed by atoms with Crippen LogP contribution in [0.1, 0.15) is 25.5 Å². The maximum Gasteiger partial charge on any atom is 0.244 e. The second-order valence-electron chi connectivity index (χ2n) is 3.67. The number of halogens is 1. The SMILES string of the molecule is C/C=C/C=C\C(=O)N[C@H](C)c1cccc(Br)c1. The molecule has 3 heteroatoms. The fourth-order valence-electron chi connectivity index (χ4n) is 1.37. The van der Waals surface area contributed by atoms with Crippen LogP contribution < -0.4 is 5.32 Å². The largest absolute Gasteiger partial charge is 0.346 e. The number of carbonyl (C=O) groups is 1. The summed E-state index contributed by atoms with van der Waals surface area (Å²) in [5, 5.41) is 2.90. The predicted octanol–water partition coefficient (Wildman–Crippen LogP) is 3.76. The summed E-state index contributed by atoms with van der Waals surface area (Å²) in [6.07, 6.45) is 6.95. The fraction of sp³-hybridized carbons (Fsp3) is 0.214. The summed E-state index contributed by atoms with van der Waals surface area (Å²) in [7, 11) is 0. The van der Waals surface area contributed by atoms with E-state index in [-0.39, 0.29) is 11.9 Å². The Hall–Kier alpha value is -1.35. The van der Waals surface area contributed by atoms with Gasteiger partial charge in [-0.3, -0.25) is 4.79 Å². The number of nitrogens with one attached hydrogen (secondary N) is 1. The predicted molar refractivity (Wildman–Crippen MR) is 74.7 cm³/mol. The van der Waals surface area contributed by atoms with Crippen molar-refractivity contribution in [2.75, 3.05) is 0 Å². The molecule has 0 unspecified atom stereocenters.